The largest absolute Gasteiger partial charge is 0.324 e. The molecule has 5 rings (SSSR count). The molecule has 6 nitrogen and oxygen atoms in total. The lowest BCUT2D eigenvalue weighted by atomic mass is 9.79. The van der Waals surface area contributed by atoms with Crippen LogP contribution in [0.1, 0.15) is 61.7 Å². The lowest BCUT2D eigenvalue weighted by molar-refractivity contribution is 0.0985. The number of halogens is 1. The number of para-hydroxylation sites is 1. The van der Waals surface area contributed by atoms with Crippen molar-refractivity contribution in [1.82, 2.24) is 15.3 Å². The van der Waals surface area contributed by atoms with Gasteiger partial charge >= 0.3 is 0 Å². The quantitative estimate of drug-likeness (QED) is 0.407. The van der Waals surface area contributed by atoms with Gasteiger partial charge in [-0.2, -0.15) is 0 Å². The van der Waals surface area contributed by atoms with E-state index in [0.29, 0.717) is 27.4 Å². The molecule has 0 atom stereocenters. The molecular weight excluding hydrogens is 478 g/mol. The van der Waals surface area contributed by atoms with Gasteiger partial charge in [-0.05, 0) is 40.3 Å². The predicted octanol–water partition coefficient (Wildman–Crippen LogP) is 6.26. The molecule has 2 aliphatic rings. The topological polar surface area (TPSA) is 70.2 Å². The summed E-state index contributed by atoms with van der Waals surface area (Å²) in [6, 6.07) is 12.2. The van der Waals surface area contributed by atoms with Crippen LogP contribution in [0.4, 0.5) is 17.3 Å². The van der Waals surface area contributed by atoms with Crippen LogP contribution in [0.5, 0.6) is 0 Å². The molecule has 8 heteroatoms. The summed E-state index contributed by atoms with van der Waals surface area (Å²) in [5.74, 6) is 0.786. The van der Waals surface area contributed by atoms with Gasteiger partial charge in [-0.1, -0.05) is 76.2 Å². The zero-order valence-electron chi connectivity index (χ0n) is 20.7. The Kier molecular flexibility index (Phi) is 6.06. The van der Waals surface area contributed by atoms with E-state index >= 15 is 0 Å². The molecule has 0 saturated heterocycles. The van der Waals surface area contributed by atoms with Crippen molar-refractivity contribution in [3.8, 4) is 0 Å². The third-order valence-electron chi connectivity index (χ3n) is 6.60. The molecule has 0 saturated carbocycles. The number of nitrogens with zero attached hydrogens (tertiary/aromatic N) is 3. The lowest BCUT2D eigenvalue weighted by Gasteiger charge is -2.33. The summed E-state index contributed by atoms with van der Waals surface area (Å²) in [4.78, 5) is 24.4. The maximum absolute atomic E-state index is 13.5. The first kappa shape index (κ1) is 24.1. The zero-order chi connectivity index (χ0) is 25.0. The molecule has 35 heavy (non-hydrogen) atoms. The van der Waals surface area contributed by atoms with Gasteiger partial charge in [0, 0.05) is 30.4 Å². The van der Waals surface area contributed by atoms with Gasteiger partial charge in [0.05, 0.1) is 22.2 Å². The van der Waals surface area contributed by atoms with Gasteiger partial charge in [-0.15, -0.1) is 0 Å². The molecule has 2 N–H and O–H groups in total. The Morgan fingerprint density at radius 2 is 2.00 bits per heavy atom. The standard InChI is InChI=1S/C27H30ClN5OS/c1-26(2,3)20-7-6-8-21(28)22(20)33-15-35-23-18(24(33)34)13-30-25(32-23)31-17-9-10-19-16(11-17)12-29-14-27(19,4)5/h6-11,13,29H,12,14-15H2,1-5H3,(H,30,31,32). The molecule has 1 amide bonds. The first-order valence-corrected chi connectivity index (χ1v) is 13.1. The van der Waals surface area contributed by atoms with E-state index < -0.39 is 0 Å². The Labute approximate surface area is 215 Å². The Bertz CT molecular complexity index is 1320. The van der Waals surface area contributed by atoms with E-state index in [1.807, 2.05) is 18.2 Å². The molecule has 0 fully saturated rings. The number of hydrogen-bond acceptors (Lipinski definition) is 6. The molecule has 3 aromatic rings. The van der Waals surface area contributed by atoms with Crippen LogP contribution < -0.4 is 15.5 Å². The third kappa shape index (κ3) is 4.53. The highest BCUT2D eigenvalue weighted by atomic mass is 35.5. The molecule has 0 spiro atoms. The second kappa shape index (κ2) is 8.80. The third-order valence-corrected chi connectivity index (χ3v) is 7.87. The van der Waals surface area contributed by atoms with Crippen LogP contribution in [0.15, 0.2) is 47.6 Å². The van der Waals surface area contributed by atoms with Crippen molar-refractivity contribution < 1.29 is 4.79 Å². The highest BCUT2D eigenvalue weighted by Gasteiger charge is 2.33. The fraction of sp³-hybridized carbons (Fsp3) is 0.370. The Morgan fingerprint density at radius 1 is 1.20 bits per heavy atom. The summed E-state index contributed by atoms with van der Waals surface area (Å²) >= 11 is 8.11. The molecule has 0 aliphatic carbocycles. The molecule has 0 radical (unpaired) electrons. The van der Waals surface area contributed by atoms with Crippen LogP contribution in [0, 0.1) is 0 Å². The van der Waals surface area contributed by atoms with Gasteiger partial charge in [0.15, 0.2) is 0 Å². The van der Waals surface area contributed by atoms with E-state index in [9.17, 15) is 4.79 Å². The predicted molar refractivity (Wildman–Crippen MR) is 144 cm³/mol. The van der Waals surface area contributed by atoms with Crippen molar-refractivity contribution in [2.45, 2.75) is 57.0 Å². The van der Waals surface area contributed by atoms with Crippen LogP contribution in [0.25, 0.3) is 0 Å². The van der Waals surface area contributed by atoms with Gasteiger partial charge in [-0.25, -0.2) is 9.97 Å². The fourth-order valence-corrected chi connectivity index (χ4v) is 6.01. The zero-order valence-corrected chi connectivity index (χ0v) is 22.3. The number of anilines is 3. The molecule has 0 unspecified atom stereocenters. The van der Waals surface area contributed by atoms with Gasteiger partial charge < -0.3 is 10.6 Å². The summed E-state index contributed by atoms with van der Waals surface area (Å²) in [7, 11) is 0. The maximum Gasteiger partial charge on any atom is 0.263 e. The Hall–Kier alpha value is -2.61. The number of thioether (sulfide) groups is 1. The minimum Gasteiger partial charge on any atom is -0.324 e. The summed E-state index contributed by atoms with van der Waals surface area (Å²) < 4.78 is 0. The van der Waals surface area contributed by atoms with Crippen LogP contribution >= 0.6 is 23.4 Å². The summed E-state index contributed by atoms with van der Waals surface area (Å²) in [6.45, 7) is 12.7. The number of amides is 1. The number of rotatable bonds is 3. The molecule has 3 heterocycles. The SMILES string of the molecule is CC(C)(C)c1cccc(Cl)c1N1CSc2nc(Nc3ccc4c(c3)CNCC4(C)C)ncc2C1=O. The van der Waals surface area contributed by atoms with Crippen molar-refractivity contribution in [2.24, 2.45) is 0 Å². The highest BCUT2D eigenvalue weighted by molar-refractivity contribution is 7.99. The maximum atomic E-state index is 13.5. The smallest absolute Gasteiger partial charge is 0.263 e. The summed E-state index contributed by atoms with van der Waals surface area (Å²) in [5, 5.41) is 8.05. The van der Waals surface area contributed by atoms with E-state index in [1.54, 1.807) is 11.1 Å². The number of hydrogen-bond donors (Lipinski definition) is 2. The average Bonchev–Trinajstić information content (AvgIpc) is 2.79. The number of benzene rings is 2. The van der Waals surface area contributed by atoms with Crippen molar-refractivity contribution in [3.63, 3.8) is 0 Å². The average molecular weight is 508 g/mol. The minimum absolute atomic E-state index is 0.103. The van der Waals surface area contributed by atoms with Crippen LogP contribution in [0.3, 0.4) is 0 Å². The van der Waals surface area contributed by atoms with Crippen molar-refractivity contribution in [3.05, 3.63) is 69.9 Å². The number of carbonyl (C=O) groups is 1. The lowest BCUT2D eigenvalue weighted by Crippen LogP contribution is -2.38. The first-order valence-electron chi connectivity index (χ1n) is 11.8. The molecule has 2 aliphatic heterocycles. The molecule has 0 bridgehead atoms. The van der Waals surface area contributed by atoms with Crippen LogP contribution in [-0.4, -0.2) is 28.3 Å². The van der Waals surface area contributed by atoms with Crippen molar-refractivity contribution in [1.29, 1.82) is 0 Å². The van der Waals surface area contributed by atoms with E-state index in [-0.39, 0.29) is 16.7 Å². The number of fused-ring (bicyclic) bond motifs is 2. The fourth-order valence-electron chi connectivity index (χ4n) is 4.79. The Morgan fingerprint density at radius 3 is 2.77 bits per heavy atom. The van der Waals surface area contributed by atoms with Crippen molar-refractivity contribution >= 4 is 46.6 Å². The van der Waals surface area contributed by atoms with Gasteiger partial charge in [-0.3, -0.25) is 9.69 Å². The molecule has 182 valence electrons. The second-order valence-electron chi connectivity index (χ2n) is 10.8. The van der Waals surface area contributed by atoms with E-state index in [2.05, 4.69) is 73.4 Å². The molecule has 1 aromatic heterocycles. The number of aromatic nitrogens is 2. The van der Waals surface area contributed by atoms with E-state index in [4.69, 9.17) is 11.6 Å². The normalized spacial score (nSPS) is 17.1. The highest BCUT2D eigenvalue weighted by Crippen LogP contribution is 2.41. The number of nitrogens with one attached hydrogen (secondary N) is 2. The molecule has 2 aromatic carbocycles. The minimum atomic E-state index is -0.157. The first-order chi connectivity index (χ1) is 16.5. The molecular formula is C27H30ClN5OS. The second-order valence-corrected chi connectivity index (χ2v) is 12.1. The summed E-state index contributed by atoms with van der Waals surface area (Å²) in [6.07, 6.45) is 1.61. The van der Waals surface area contributed by atoms with E-state index in [0.717, 1.165) is 30.0 Å². The van der Waals surface area contributed by atoms with Crippen molar-refractivity contribution in [2.75, 3.05) is 22.6 Å². The van der Waals surface area contributed by atoms with Crippen LogP contribution in [0.2, 0.25) is 5.02 Å². The van der Waals surface area contributed by atoms with Gasteiger partial charge in [0.25, 0.3) is 5.91 Å². The Balaban J connectivity index is 1.41. The van der Waals surface area contributed by atoms with E-state index in [1.165, 1.54) is 22.9 Å². The van der Waals surface area contributed by atoms with Gasteiger partial charge in [0.1, 0.15) is 5.03 Å². The van der Waals surface area contributed by atoms with Crippen LogP contribution in [-0.2, 0) is 17.4 Å². The van der Waals surface area contributed by atoms with Gasteiger partial charge in [0.2, 0.25) is 5.95 Å². The number of carbonyl (C=O) groups excluding carboxylic acids is 1. The monoisotopic (exact) mass is 507 g/mol. The summed E-state index contributed by atoms with van der Waals surface area (Å²) in [5.41, 5.74) is 5.80.